The summed E-state index contributed by atoms with van der Waals surface area (Å²) in [6.45, 7) is 1.45. The Hall–Kier alpha value is -2.34. The number of amides is 1. The zero-order valence-corrected chi connectivity index (χ0v) is 12.9. The van der Waals surface area contributed by atoms with Crippen LogP contribution in [0.1, 0.15) is 18.9 Å². The molecule has 2 aromatic carbocycles. The van der Waals surface area contributed by atoms with E-state index in [0.29, 0.717) is 16.9 Å². The van der Waals surface area contributed by atoms with Crippen molar-refractivity contribution in [2.75, 3.05) is 4.90 Å². The molecule has 0 aromatic heterocycles. The lowest BCUT2D eigenvalue weighted by molar-refractivity contribution is -0.209. The summed E-state index contributed by atoms with van der Waals surface area (Å²) in [5, 5.41) is 9.52. The number of alkyl halides is 3. The van der Waals surface area contributed by atoms with E-state index < -0.39 is 30.0 Å². The first kappa shape index (κ1) is 16.5. The first-order valence-electron chi connectivity index (χ1n) is 7.49. The van der Waals surface area contributed by atoms with Gasteiger partial charge in [0, 0.05) is 12.1 Å². The van der Waals surface area contributed by atoms with Gasteiger partial charge in [-0.3, -0.25) is 9.69 Å². The van der Waals surface area contributed by atoms with Crippen LogP contribution in [0.5, 0.6) is 0 Å². The number of rotatable bonds is 3. The molecule has 0 fully saturated rings. The molecule has 0 bridgehead atoms. The van der Waals surface area contributed by atoms with Crippen LogP contribution < -0.4 is 4.90 Å². The fraction of sp³-hybridized carbons (Fsp3) is 0.278. The third-order valence-electron chi connectivity index (χ3n) is 4.41. The lowest BCUT2D eigenvalue weighted by Crippen LogP contribution is -2.42. The van der Waals surface area contributed by atoms with Crippen molar-refractivity contribution in [3.05, 3.63) is 60.2 Å². The molecule has 6 heteroatoms. The first-order chi connectivity index (χ1) is 11.2. The second-order valence-corrected chi connectivity index (χ2v) is 6.09. The predicted octanol–water partition coefficient (Wildman–Crippen LogP) is 3.94. The van der Waals surface area contributed by atoms with Crippen LogP contribution in [0.25, 0.3) is 0 Å². The summed E-state index contributed by atoms with van der Waals surface area (Å²) in [7, 11) is 0. The Morgan fingerprint density at radius 3 is 2.29 bits per heavy atom. The van der Waals surface area contributed by atoms with Gasteiger partial charge in [0.2, 0.25) is 5.91 Å². The van der Waals surface area contributed by atoms with Crippen LogP contribution >= 0.6 is 0 Å². The second-order valence-electron chi connectivity index (χ2n) is 6.09. The Bertz CT molecular complexity index is 760. The summed E-state index contributed by atoms with van der Waals surface area (Å²) in [5.41, 5.74) is 0.175. The molecule has 2 atom stereocenters. The molecule has 24 heavy (non-hydrogen) atoms. The number of para-hydroxylation sites is 2. The highest BCUT2D eigenvalue weighted by Crippen LogP contribution is 2.48. The van der Waals surface area contributed by atoms with Gasteiger partial charge in [0.25, 0.3) is 0 Å². The SMILES string of the molecule is CC1(CC(O)C(F)(F)F)C(=O)N(c2ccccc2)c2ccccc21. The molecule has 1 aliphatic rings. The molecule has 1 heterocycles. The van der Waals surface area contributed by atoms with E-state index in [0.717, 1.165) is 0 Å². The fourth-order valence-electron chi connectivity index (χ4n) is 3.14. The third-order valence-corrected chi connectivity index (χ3v) is 4.41. The van der Waals surface area contributed by atoms with Gasteiger partial charge < -0.3 is 5.11 Å². The van der Waals surface area contributed by atoms with Crippen LogP contribution in [-0.4, -0.2) is 23.3 Å². The summed E-state index contributed by atoms with van der Waals surface area (Å²) in [6.07, 6.45) is -8.04. The molecule has 0 aliphatic carbocycles. The number of anilines is 2. The van der Waals surface area contributed by atoms with Crippen LogP contribution in [0.2, 0.25) is 0 Å². The van der Waals surface area contributed by atoms with Crippen LogP contribution in [0, 0.1) is 0 Å². The van der Waals surface area contributed by atoms with Crippen molar-refractivity contribution < 1.29 is 23.1 Å². The molecule has 1 amide bonds. The van der Waals surface area contributed by atoms with Gasteiger partial charge in [-0.15, -0.1) is 0 Å². The molecular weight excluding hydrogens is 319 g/mol. The summed E-state index contributed by atoms with van der Waals surface area (Å²) < 4.78 is 38.5. The molecule has 2 aromatic rings. The van der Waals surface area contributed by atoms with E-state index in [9.17, 15) is 23.1 Å². The quantitative estimate of drug-likeness (QED) is 0.923. The minimum atomic E-state index is -4.77. The number of halogens is 3. The Labute approximate surface area is 137 Å². The highest BCUT2D eigenvalue weighted by molar-refractivity contribution is 6.12. The highest BCUT2D eigenvalue weighted by Gasteiger charge is 2.52. The number of carbonyl (C=O) groups excluding carboxylic acids is 1. The molecule has 1 N–H and O–H groups in total. The molecule has 3 nitrogen and oxygen atoms in total. The molecule has 126 valence electrons. The molecule has 0 saturated carbocycles. The van der Waals surface area contributed by atoms with E-state index in [2.05, 4.69) is 0 Å². The Balaban J connectivity index is 2.08. The van der Waals surface area contributed by atoms with Gasteiger partial charge in [0.05, 0.1) is 11.1 Å². The largest absolute Gasteiger partial charge is 0.414 e. The number of hydrogen-bond donors (Lipinski definition) is 1. The van der Waals surface area contributed by atoms with Crippen molar-refractivity contribution >= 4 is 17.3 Å². The summed E-state index contributed by atoms with van der Waals surface area (Å²) >= 11 is 0. The van der Waals surface area contributed by atoms with Gasteiger partial charge in [-0.1, -0.05) is 36.4 Å². The van der Waals surface area contributed by atoms with Gasteiger partial charge in [-0.05, 0) is 30.7 Å². The lowest BCUT2D eigenvalue weighted by Gasteiger charge is -2.27. The van der Waals surface area contributed by atoms with Crippen molar-refractivity contribution in [3.63, 3.8) is 0 Å². The zero-order valence-electron chi connectivity index (χ0n) is 12.9. The number of benzene rings is 2. The summed E-state index contributed by atoms with van der Waals surface area (Å²) in [5.74, 6) is -0.474. The van der Waals surface area contributed by atoms with E-state index in [-0.39, 0.29) is 0 Å². The molecule has 3 rings (SSSR count). The van der Waals surface area contributed by atoms with Crippen molar-refractivity contribution in [1.29, 1.82) is 0 Å². The van der Waals surface area contributed by atoms with E-state index >= 15 is 0 Å². The number of nitrogens with zero attached hydrogens (tertiary/aromatic N) is 1. The van der Waals surface area contributed by atoms with Gasteiger partial charge in [-0.25, -0.2) is 0 Å². The van der Waals surface area contributed by atoms with Crippen LogP contribution in [0.3, 0.4) is 0 Å². The van der Waals surface area contributed by atoms with Crippen molar-refractivity contribution in [2.24, 2.45) is 0 Å². The van der Waals surface area contributed by atoms with E-state index in [1.165, 1.54) is 11.8 Å². The maximum Gasteiger partial charge on any atom is 0.414 e. The Kier molecular flexibility index (Phi) is 3.87. The van der Waals surface area contributed by atoms with Crippen molar-refractivity contribution in [1.82, 2.24) is 0 Å². The van der Waals surface area contributed by atoms with E-state index in [1.54, 1.807) is 54.6 Å². The summed E-state index contributed by atoms with van der Waals surface area (Å²) in [6, 6.07) is 15.5. The predicted molar refractivity (Wildman–Crippen MR) is 84.1 cm³/mol. The number of carbonyl (C=O) groups is 1. The maximum atomic E-state index is 13.0. The first-order valence-corrected chi connectivity index (χ1v) is 7.49. The number of hydrogen-bond acceptors (Lipinski definition) is 2. The monoisotopic (exact) mass is 335 g/mol. The normalized spacial score (nSPS) is 21.7. The fourth-order valence-corrected chi connectivity index (χ4v) is 3.14. The standard InChI is InChI=1S/C18H16F3NO2/c1-17(11-15(23)18(19,20)21)13-9-5-6-10-14(13)22(16(17)24)12-7-3-2-4-8-12/h2-10,15,23H,11H2,1H3. The Morgan fingerprint density at radius 2 is 1.67 bits per heavy atom. The van der Waals surface area contributed by atoms with Crippen LogP contribution in [-0.2, 0) is 10.2 Å². The number of aliphatic hydroxyl groups is 1. The number of fused-ring (bicyclic) bond motifs is 1. The average Bonchev–Trinajstić information content (AvgIpc) is 2.76. The molecule has 0 saturated heterocycles. The minimum Gasteiger partial charge on any atom is -0.384 e. The smallest absolute Gasteiger partial charge is 0.384 e. The highest BCUT2D eigenvalue weighted by atomic mass is 19.4. The molecule has 2 unspecified atom stereocenters. The van der Waals surface area contributed by atoms with Gasteiger partial charge >= 0.3 is 6.18 Å². The third kappa shape index (κ3) is 2.57. The van der Waals surface area contributed by atoms with Crippen molar-refractivity contribution in [2.45, 2.75) is 31.0 Å². The maximum absolute atomic E-state index is 13.0. The van der Waals surface area contributed by atoms with Gasteiger partial charge in [-0.2, -0.15) is 13.2 Å². The average molecular weight is 335 g/mol. The second kappa shape index (κ2) is 5.63. The van der Waals surface area contributed by atoms with E-state index in [4.69, 9.17) is 0 Å². The molecule has 0 spiro atoms. The molecular formula is C18H16F3NO2. The summed E-state index contributed by atoms with van der Waals surface area (Å²) in [4.78, 5) is 14.4. The number of aliphatic hydroxyl groups excluding tert-OH is 1. The topological polar surface area (TPSA) is 40.5 Å². The van der Waals surface area contributed by atoms with Crippen molar-refractivity contribution in [3.8, 4) is 0 Å². The Morgan fingerprint density at radius 1 is 1.08 bits per heavy atom. The molecule has 0 radical (unpaired) electrons. The van der Waals surface area contributed by atoms with Gasteiger partial charge in [0.15, 0.2) is 6.10 Å². The lowest BCUT2D eigenvalue weighted by atomic mass is 9.78. The van der Waals surface area contributed by atoms with E-state index in [1.807, 2.05) is 0 Å². The minimum absolute atomic E-state index is 0.474. The zero-order chi connectivity index (χ0) is 17.5. The van der Waals surface area contributed by atoms with Gasteiger partial charge in [0.1, 0.15) is 0 Å². The molecule has 1 aliphatic heterocycles. The van der Waals surface area contributed by atoms with Crippen LogP contribution in [0.4, 0.5) is 24.5 Å². The van der Waals surface area contributed by atoms with Crippen LogP contribution in [0.15, 0.2) is 54.6 Å².